The molecule has 0 aliphatic carbocycles. The molecule has 0 saturated carbocycles. The summed E-state index contributed by atoms with van der Waals surface area (Å²) in [6.45, 7) is 11.6. The van der Waals surface area contributed by atoms with Crippen molar-refractivity contribution in [2.24, 2.45) is 0 Å². The summed E-state index contributed by atoms with van der Waals surface area (Å²) in [6, 6.07) is 0.423. The van der Waals surface area contributed by atoms with Crippen LogP contribution in [0.15, 0.2) is 0 Å². The van der Waals surface area contributed by atoms with Crippen molar-refractivity contribution in [2.45, 2.75) is 52.3 Å². The van der Waals surface area contributed by atoms with Crippen LogP contribution < -0.4 is 0 Å². The van der Waals surface area contributed by atoms with Gasteiger partial charge in [-0.3, -0.25) is 0 Å². The molecule has 0 aromatic rings. The summed E-state index contributed by atoms with van der Waals surface area (Å²) in [6.07, 6.45) is -0.194. The van der Waals surface area contributed by atoms with Crippen LogP contribution in [0.1, 0.15) is 34.6 Å². The number of hydrogen-bond acceptors (Lipinski definition) is 3. The van der Waals surface area contributed by atoms with Crippen molar-refractivity contribution >= 4 is 6.09 Å². The molecule has 4 heteroatoms. The maximum atomic E-state index is 12.0. The van der Waals surface area contributed by atoms with E-state index in [9.17, 15) is 4.79 Å². The molecule has 0 N–H and O–H groups in total. The van der Waals surface area contributed by atoms with Crippen LogP contribution in [0, 0.1) is 0 Å². The molecule has 1 amide bonds. The Morgan fingerprint density at radius 2 is 1.62 bits per heavy atom. The summed E-state index contributed by atoms with van der Waals surface area (Å²) in [4.78, 5) is 16.1. The van der Waals surface area contributed by atoms with Crippen LogP contribution in [0.25, 0.3) is 0 Å². The Bertz CT molecular complexity index is 248. The Hall–Kier alpha value is -0.770. The average molecular weight is 228 g/mol. The molecule has 1 rings (SSSR count). The minimum absolute atomic E-state index is 0.194. The molecular weight excluding hydrogens is 204 g/mol. The third kappa shape index (κ3) is 3.37. The number of piperazine rings is 1. The van der Waals surface area contributed by atoms with Crippen LogP contribution in [0.5, 0.6) is 0 Å². The lowest BCUT2D eigenvalue weighted by Gasteiger charge is -2.43. The molecule has 0 spiro atoms. The molecule has 1 fully saturated rings. The molecule has 0 bridgehead atoms. The van der Waals surface area contributed by atoms with Crippen LogP contribution in [0.3, 0.4) is 0 Å². The third-order valence-corrected chi connectivity index (χ3v) is 2.71. The van der Waals surface area contributed by atoms with Crippen molar-refractivity contribution in [3.8, 4) is 0 Å². The third-order valence-electron chi connectivity index (χ3n) is 2.71. The Balaban J connectivity index is 2.67. The van der Waals surface area contributed by atoms with E-state index in [1.807, 2.05) is 25.7 Å². The van der Waals surface area contributed by atoms with Crippen molar-refractivity contribution in [1.82, 2.24) is 9.80 Å². The molecule has 16 heavy (non-hydrogen) atoms. The number of rotatable bonds is 0. The molecule has 0 aromatic heterocycles. The first kappa shape index (κ1) is 13.3. The zero-order valence-electron chi connectivity index (χ0n) is 11.3. The van der Waals surface area contributed by atoms with Crippen molar-refractivity contribution in [1.29, 1.82) is 0 Å². The summed E-state index contributed by atoms with van der Waals surface area (Å²) < 4.78 is 5.42. The average Bonchev–Trinajstić information content (AvgIpc) is 1.96. The Morgan fingerprint density at radius 3 is 2.00 bits per heavy atom. The lowest BCUT2D eigenvalue weighted by Crippen LogP contribution is -2.58. The summed E-state index contributed by atoms with van der Waals surface area (Å²) in [7, 11) is 2.08. The van der Waals surface area contributed by atoms with E-state index in [-0.39, 0.29) is 18.2 Å². The minimum Gasteiger partial charge on any atom is -0.444 e. The molecule has 1 aliphatic rings. The maximum absolute atomic E-state index is 12.0. The second-order valence-corrected chi connectivity index (χ2v) is 5.81. The fourth-order valence-corrected chi connectivity index (χ4v) is 2.26. The van der Waals surface area contributed by atoms with E-state index < -0.39 is 5.60 Å². The van der Waals surface area contributed by atoms with Gasteiger partial charge in [0.15, 0.2) is 0 Å². The predicted octanol–water partition coefficient (Wildman–Crippen LogP) is 1.95. The van der Waals surface area contributed by atoms with Crippen LogP contribution >= 0.6 is 0 Å². The van der Waals surface area contributed by atoms with Crippen LogP contribution in [-0.2, 0) is 4.74 Å². The lowest BCUT2D eigenvalue weighted by molar-refractivity contribution is -0.0111. The number of hydrogen-bond donors (Lipinski definition) is 0. The van der Waals surface area contributed by atoms with Gasteiger partial charge >= 0.3 is 6.09 Å². The highest BCUT2D eigenvalue weighted by Gasteiger charge is 2.34. The molecule has 0 aromatic carbocycles. The normalized spacial score (nSPS) is 28.0. The van der Waals surface area contributed by atoms with Crippen LogP contribution in [0.4, 0.5) is 4.79 Å². The number of likely N-dealkylation sites (N-methyl/N-ethyl adjacent to an activating group) is 1. The first-order chi connectivity index (χ1) is 7.20. The Morgan fingerprint density at radius 1 is 1.19 bits per heavy atom. The molecule has 0 unspecified atom stereocenters. The summed E-state index contributed by atoms with van der Waals surface area (Å²) >= 11 is 0. The van der Waals surface area contributed by atoms with Gasteiger partial charge in [-0.25, -0.2) is 4.79 Å². The second kappa shape index (κ2) is 4.62. The fourth-order valence-electron chi connectivity index (χ4n) is 2.26. The fraction of sp³-hybridized carbons (Fsp3) is 0.917. The van der Waals surface area contributed by atoms with E-state index in [0.29, 0.717) is 0 Å². The van der Waals surface area contributed by atoms with Crippen molar-refractivity contribution in [3.63, 3.8) is 0 Å². The van der Waals surface area contributed by atoms with E-state index in [1.54, 1.807) is 0 Å². The van der Waals surface area contributed by atoms with E-state index >= 15 is 0 Å². The number of nitrogens with zero attached hydrogens (tertiary/aromatic N) is 2. The first-order valence-corrected chi connectivity index (χ1v) is 5.90. The van der Waals surface area contributed by atoms with Gasteiger partial charge in [-0.2, -0.15) is 0 Å². The van der Waals surface area contributed by atoms with Gasteiger partial charge in [-0.05, 0) is 41.7 Å². The van der Waals surface area contributed by atoms with Gasteiger partial charge in [0.2, 0.25) is 0 Å². The van der Waals surface area contributed by atoms with Crippen molar-refractivity contribution in [2.75, 3.05) is 20.1 Å². The second-order valence-electron chi connectivity index (χ2n) is 5.81. The van der Waals surface area contributed by atoms with E-state index in [0.717, 1.165) is 13.1 Å². The SMILES string of the molecule is C[C@@H]1CN(C)C[C@@H](C)N1C(=O)OC(C)(C)C. The first-order valence-electron chi connectivity index (χ1n) is 5.90. The molecule has 0 radical (unpaired) electrons. The molecule has 1 heterocycles. The maximum Gasteiger partial charge on any atom is 0.410 e. The van der Waals surface area contributed by atoms with E-state index in [4.69, 9.17) is 4.74 Å². The standard InChI is InChI=1S/C12H24N2O2/c1-9-7-13(6)8-10(2)14(9)11(15)16-12(3,4)5/h9-10H,7-8H2,1-6H3/t9-,10-/m1/s1. The van der Waals surface area contributed by atoms with Gasteiger partial charge in [0, 0.05) is 25.2 Å². The number of ether oxygens (including phenoxy) is 1. The van der Waals surface area contributed by atoms with Crippen LogP contribution in [-0.4, -0.2) is 53.7 Å². The molecule has 4 nitrogen and oxygen atoms in total. The smallest absolute Gasteiger partial charge is 0.410 e. The zero-order chi connectivity index (χ0) is 12.5. The Kier molecular flexibility index (Phi) is 3.84. The summed E-state index contributed by atoms with van der Waals surface area (Å²) in [5, 5.41) is 0. The minimum atomic E-state index is -0.417. The number of carbonyl (C=O) groups excluding carboxylic acids is 1. The van der Waals surface area contributed by atoms with E-state index in [2.05, 4.69) is 25.8 Å². The topological polar surface area (TPSA) is 32.8 Å². The molecule has 2 atom stereocenters. The zero-order valence-corrected chi connectivity index (χ0v) is 11.3. The molecular formula is C12H24N2O2. The lowest BCUT2D eigenvalue weighted by atomic mass is 10.1. The highest BCUT2D eigenvalue weighted by Crippen LogP contribution is 2.18. The Labute approximate surface area is 98.5 Å². The van der Waals surface area contributed by atoms with E-state index in [1.165, 1.54) is 0 Å². The van der Waals surface area contributed by atoms with Gasteiger partial charge in [0.1, 0.15) is 5.60 Å². The van der Waals surface area contributed by atoms with Crippen molar-refractivity contribution < 1.29 is 9.53 Å². The van der Waals surface area contributed by atoms with Gasteiger partial charge < -0.3 is 14.5 Å². The van der Waals surface area contributed by atoms with Gasteiger partial charge in [0.05, 0.1) is 0 Å². The van der Waals surface area contributed by atoms with Gasteiger partial charge in [-0.15, -0.1) is 0 Å². The molecule has 94 valence electrons. The van der Waals surface area contributed by atoms with Gasteiger partial charge in [0.25, 0.3) is 0 Å². The molecule has 1 aliphatic heterocycles. The quantitative estimate of drug-likeness (QED) is 0.635. The highest BCUT2D eigenvalue weighted by molar-refractivity contribution is 5.69. The monoisotopic (exact) mass is 228 g/mol. The van der Waals surface area contributed by atoms with Crippen LogP contribution in [0.2, 0.25) is 0 Å². The van der Waals surface area contributed by atoms with Gasteiger partial charge in [-0.1, -0.05) is 0 Å². The largest absolute Gasteiger partial charge is 0.444 e. The summed E-state index contributed by atoms with van der Waals surface area (Å²) in [5.74, 6) is 0. The molecule has 1 saturated heterocycles. The summed E-state index contributed by atoms with van der Waals surface area (Å²) in [5.41, 5.74) is -0.417. The van der Waals surface area contributed by atoms with Crippen molar-refractivity contribution in [3.05, 3.63) is 0 Å². The number of amides is 1. The predicted molar refractivity (Wildman–Crippen MR) is 64.5 cm³/mol. The number of carbonyl (C=O) groups is 1. The highest BCUT2D eigenvalue weighted by atomic mass is 16.6.